The topological polar surface area (TPSA) is 81.3 Å². The van der Waals surface area contributed by atoms with Gasteiger partial charge in [0.1, 0.15) is 5.82 Å². The highest BCUT2D eigenvalue weighted by atomic mass is 19.1. The van der Waals surface area contributed by atoms with Crippen LogP contribution < -0.4 is 5.32 Å². The standard InChI is InChI=1S/C21H28FN5O2/c1-16(28)27-11-5-10-26(12-13-27)9-3-2-8-21(29)23-20-15-19(24-25-20)17-6-4-7-18(22)14-17/h4,6-7,14-15H,2-3,5,8-13H2,1H3,(H2,23,24,25,29). The van der Waals surface area contributed by atoms with E-state index in [0.717, 1.165) is 52.0 Å². The Morgan fingerprint density at radius 2 is 2.03 bits per heavy atom. The van der Waals surface area contributed by atoms with Gasteiger partial charge in [0, 0.05) is 44.6 Å². The van der Waals surface area contributed by atoms with Crippen LogP contribution in [0.2, 0.25) is 0 Å². The summed E-state index contributed by atoms with van der Waals surface area (Å²) >= 11 is 0. The number of aromatic amines is 1. The molecule has 0 spiro atoms. The Hall–Kier alpha value is -2.74. The van der Waals surface area contributed by atoms with Crippen LogP contribution >= 0.6 is 0 Å². The molecule has 0 unspecified atom stereocenters. The fourth-order valence-corrected chi connectivity index (χ4v) is 3.53. The molecule has 0 aliphatic carbocycles. The maximum Gasteiger partial charge on any atom is 0.225 e. The monoisotopic (exact) mass is 401 g/mol. The van der Waals surface area contributed by atoms with Gasteiger partial charge in [-0.2, -0.15) is 5.10 Å². The normalized spacial score (nSPS) is 15.2. The lowest BCUT2D eigenvalue weighted by molar-refractivity contribution is -0.128. The molecule has 0 saturated carbocycles. The molecule has 1 aliphatic heterocycles. The van der Waals surface area contributed by atoms with Crippen molar-refractivity contribution in [3.63, 3.8) is 0 Å². The molecule has 1 saturated heterocycles. The summed E-state index contributed by atoms with van der Waals surface area (Å²) < 4.78 is 13.3. The SMILES string of the molecule is CC(=O)N1CCCN(CCCCC(=O)Nc2cc(-c3cccc(F)c3)[nH]n2)CC1. The molecule has 0 atom stereocenters. The highest BCUT2D eigenvalue weighted by Gasteiger charge is 2.16. The van der Waals surface area contributed by atoms with Crippen molar-refractivity contribution in [3.05, 3.63) is 36.1 Å². The fourth-order valence-electron chi connectivity index (χ4n) is 3.53. The van der Waals surface area contributed by atoms with Crippen LogP contribution in [0.4, 0.5) is 10.2 Å². The molecule has 1 fully saturated rings. The molecule has 29 heavy (non-hydrogen) atoms. The summed E-state index contributed by atoms with van der Waals surface area (Å²) in [4.78, 5) is 27.9. The van der Waals surface area contributed by atoms with E-state index in [1.54, 1.807) is 25.1 Å². The second-order valence-corrected chi connectivity index (χ2v) is 7.38. The number of carbonyl (C=O) groups excluding carboxylic acids is 2. The number of hydrogen-bond donors (Lipinski definition) is 2. The maximum atomic E-state index is 13.3. The molecule has 2 heterocycles. The second-order valence-electron chi connectivity index (χ2n) is 7.38. The first-order valence-electron chi connectivity index (χ1n) is 10.1. The summed E-state index contributed by atoms with van der Waals surface area (Å²) in [5.74, 6) is 0.176. The smallest absolute Gasteiger partial charge is 0.225 e. The molecule has 1 aromatic heterocycles. The van der Waals surface area contributed by atoms with Gasteiger partial charge in [0.05, 0.1) is 5.69 Å². The Morgan fingerprint density at radius 1 is 1.17 bits per heavy atom. The third kappa shape index (κ3) is 6.39. The average molecular weight is 401 g/mol. The van der Waals surface area contributed by atoms with Gasteiger partial charge in [0.25, 0.3) is 0 Å². The van der Waals surface area contributed by atoms with Crippen LogP contribution in [0.5, 0.6) is 0 Å². The molecule has 1 aromatic carbocycles. The van der Waals surface area contributed by atoms with Crippen molar-refractivity contribution < 1.29 is 14.0 Å². The molecular formula is C21H28FN5O2. The molecular weight excluding hydrogens is 373 g/mol. The molecule has 0 radical (unpaired) electrons. The van der Waals surface area contributed by atoms with Crippen molar-refractivity contribution >= 4 is 17.6 Å². The largest absolute Gasteiger partial charge is 0.342 e. The highest BCUT2D eigenvalue weighted by Crippen LogP contribution is 2.20. The molecule has 0 bridgehead atoms. The number of carbonyl (C=O) groups is 2. The number of halogens is 1. The van der Waals surface area contributed by atoms with Crippen LogP contribution in [-0.2, 0) is 9.59 Å². The van der Waals surface area contributed by atoms with Crippen molar-refractivity contribution in [2.45, 2.75) is 32.6 Å². The Morgan fingerprint density at radius 3 is 2.83 bits per heavy atom. The lowest BCUT2D eigenvalue weighted by Crippen LogP contribution is -2.34. The van der Waals surface area contributed by atoms with E-state index in [1.807, 2.05) is 4.90 Å². The fraction of sp³-hybridized carbons (Fsp3) is 0.476. The van der Waals surface area contributed by atoms with Gasteiger partial charge in [-0.1, -0.05) is 12.1 Å². The first-order chi connectivity index (χ1) is 14.0. The molecule has 7 nitrogen and oxygen atoms in total. The van der Waals surface area contributed by atoms with Crippen molar-refractivity contribution in [1.82, 2.24) is 20.0 Å². The third-order valence-corrected chi connectivity index (χ3v) is 5.14. The summed E-state index contributed by atoms with van der Waals surface area (Å²) in [5.41, 5.74) is 1.33. The lowest BCUT2D eigenvalue weighted by atomic mass is 10.1. The van der Waals surface area contributed by atoms with E-state index in [2.05, 4.69) is 20.4 Å². The van der Waals surface area contributed by atoms with E-state index in [4.69, 9.17) is 0 Å². The second kappa shape index (κ2) is 10.2. The van der Waals surface area contributed by atoms with Gasteiger partial charge in [0.15, 0.2) is 5.82 Å². The summed E-state index contributed by atoms with van der Waals surface area (Å²) in [6.45, 7) is 6.05. The Balaban J connectivity index is 1.37. The molecule has 3 rings (SSSR count). The van der Waals surface area contributed by atoms with E-state index >= 15 is 0 Å². The minimum atomic E-state index is -0.318. The van der Waals surface area contributed by atoms with Crippen molar-refractivity contribution in [3.8, 4) is 11.3 Å². The number of hydrogen-bond acceptors (Lipinski definition) is 4. The molecule has 2 N–H and O–H groups in total. The minimum absolute atomic E-state index is 0.0825. The number of amides is 2. The lowest BCUT2D eigenvalue weighted by Gasteiger charge is -2.20. The minimum Gasteiger partial charge on any atom is -0.342 e. The predicted molar refractivity (Wildman–Crippen MR) is 110 cm³/mol. The van der Waals surface area contributed by atoms with Crippen molar-refractivity contribution in [2.75, 3.05) is 38.0 Å². The van der Waals surface area contributed by atoms with Gasteiger partial charge in [0.2, 0.25) is 11.8 Å². The van der Waals surface area contributed by atoms with E-state index in [1.165, 1.54) is 12.1 Å². The van der Waals surface area contributed by atoms with Crippen LogP contribution in [0.1, 0.15) is 32.6 Å². The number of anilines is 1. The van der Waals surface area contributed by atoms with Gasteiger partial charge in [-0.15, -0.1) is 0 Å². The summed E-state index contributed by atoms with van der Waals surface area (Å²) in [6, 6.07) is 7.90. The van der Waals surface area contributed by atoms with Gasteiger partial charge in [-0.05, 0) is 44.5 Å². The van der Waals surface area contributed by atoms with Crippen LogP contribution in [-0.4, -0.2) is 64.5 Å². The van der Waals surface area contributed by atoms with Crippen molar-refractivity contribution in [2.24, 2.45) is 0 Å². The van der Waals surface area contributed by atoms with E-state index in [9.17, 15) is 14.0 Å². The highest BCUT2D eigenvalue weighted by molar-refractivity contribution is 5.90. The van der Waals surface area contributed by atoms with Crippen LogP contribution in [0.25, 0.3) is 11.3 Å². The molecule has 156 valence electrons. The summed E-state index contributed by atoms with van der Waals surface area (Å²) in [7, 11) is 0. The zero-order valence-electron chi connectivity index (χ0n) is 16.8. The summed E-state index contributed by atoms with van der Waals surface area (Å²) in [5, 5.41) is 9.67. The first-order valence-corrected chi connectivity index (χ1v) is 10.1. The van der Waals surface area contributed by atoms with Crippen molar-refractivity contribution in [1.29, 1.82) is 0 Å². The zero-order chi connectivity index (χ0) is 20.6. The molecule has 1 aliphatic rings. The zero-order valence-corrected chi connectivity index (χ0v) is 16.8. The number of unbranched alkanes of at least 4 members (excludes halogenated alkanes) is 1. The number of aromatic nitrogens is 2. The maximum absolute atomic E-state index is 13.3. The molecule has 2 amide bonds. The van der Waals surface area contributed by atoms with Gasteiger partial charge < -0.3 is 15.1 Å². The van der Waals surface area contributed by atoms with E-state index < -0.39 is 0 Å². The quantitative estimate of drug-likeness (QED) is 0.699. The number of benzene rings is 1. The Kier molecular flexibility index (Phi) is 7.35. The predicted octanol–water partition coefficient (Wildman–Crippen LogP) is 2.88. The van der Waals surface area contributed by atoms with E-state index in [-0.39, 0.29) is 17.6 Å². The van der Waals surface area contributed by atoms with Crippen LogP contribution in [0.15, 0.2) is 30.3 Å². The number of nitrogens with zero attached hydrogens (tertiary/aromatic N) is 3. The van der Waals surface area contributed by atoms with Crippen LogP contribution in [0.3, 0.4) is 0 Å². The number of rotatable bonds is 7. The van der Waals surface area contributed by atoms with Gasteiger partial charge >= 0.3 is 0 Å². The first kappa shape index (κ1) is 21.0. The molecule has 8 heteroatoms. The van der Waals surface area contributed by atoms with Gasteiger partial charge in [-0.3, -0.25) is 14.7 Å². The summed E-state index contributed by atoms with van der Waals surface area (Å²) in [6.07, 6.45) is 3.14. The average Bonchev–Trinajstić information content (AvgIpc) is 3.01. The Bertz CT molecular complexity index is 838. The third-order valence-electron chi connectivity index (χ3n) is 5.14. The van der Waals surface area contributed by atoms with Gasteiger partial charge in [-0.25, -0.2) is 4.39 Å². The van der Waals surface area contributed by atoms with E-state index in [0.29, 0.717) is 23.5 Å². The Labute approximate surface area is 170 Å². The number of nitrogens with one attached hydrogen (secondary N) is 2. The number of H-pyrrole nitrogens is 1. The molecule has 2 aromatic rings. The van der Waals surface area contributed by atoms with Crippen LogP contribution in [0, 0.1) is 5.82 Å².